The molecule has 0 bridgehead atoms. The van der Waals surface area contributed by atoms with Crippen molar-refractivity contribution in [1.82, 2.24) is 0 Å². The summed E-state index contributed by atoms with van der Waals surface area (Å²) in [5, 5.41) is 14.3. The maximum atomic E-state index is 10.3. The van der Waals surface area contributed by atoms with Crippen molar-refractivity contribution in [2.45, 2.75) is 12.5 Å². The van der Waals surface area contributed by atoms with E-state index in [1.807, 2.05) is 35.0 Å². The summed E-state index contributed by atoms with van der Waals surface area (Å²) in [4.78, 5) is 0. The molecule has 2 aromatic rings. The molecule has 0 aliphatic rings. The molecule has 0 aliphatic heterocycles. The van der Waals surface area contributed by atoms with E-state index in [0.29, 0.717) is 17.9 Å². The van der Waals surface area contributed by atoms with Gasteiger partial charge in [-0.05, 0) is 28.5 Å². The van der Waals surface area contributed by atoms with Crippen molar-refractivity contribution in [2.75, 3.05) is 14.2 Å². The fourth-order valence-electron chi connectivity index (χ4n) is 1.92. The Hall–Kier alpha value is -1.52. The summed E-state index contributed by atoms with van der Waals surface area (Å²) in [6.45, 7) is 0. The number of ether oxygens (including phenoxy) is 2. The maximum Gasteiger partial charge on any atom is 0.166 e. The molecule has 1 heterocycles. The van der Waals surface area contributed by atoms with E-state index in [2.05, 4.69) is 0 Å². The van der Waals surface area contributed by atoms with Crippen LogP contribution >= 0.6 is 11.3 Å². The van der Waals surface area contributed by atoms with E-state index in [9.17, 15) is 5.11 Å². The third-order valence-electron chi connectivity index (χ3n) is 2.80. The highest BCUT2D eigenvalue weighted by Crippen LogP contribution is 2.35. The lowest BCUT2D eigenvalue weighted by molar-refractivity contribution is 0.173. The van der Waals surface area contributed by atoms with E-state index in [4.69, 9.17) is 9.47 Å². The fraction of sp³-hybridized carbons (Fsp3) is 0.286. The summed E-state index contributed by atoms with van der Waals surface area (Å²) in [5.74, 6) is 1.24. The zero-order chi connectivity index (χ0) is 13.0. The number of rotatable bonds is 5. The second kappa shape index (κ2) is 5.89. The quantitative estimate of drug-likeness (QED) is 0.902. The number of methoxy groups -OCH3 is 2. The van der Waals surface area contributed by atoms with Crippen molar-refractivity contribution in [3.8, 4) is 11.5 Å². The standard InChI is InChI=1S/C14H16O3S/c1-16-13-5-3-4-11(14(13)17-2)12(15)8-10-6-7-18-9-10/h3-7,9,12,15H,8H2,1-2H3. The molecule has 0 saturated heterocycles. The van der Waals surface area contributed by atoms with Gasteiger partial charge in [-0.15, -0.1) is 0 Å². The molecular weight excluding hydrogens is 248 g/mol. The molecule has 0 fully saturated rings. The van der Waals surface area contributed by atoms with Gasteiger partial charge in [0.25, 0.3) is 0 Å². The van der Waals surface area contributed by atoms with Gasteiger partial charge >= 0.3 is 0 Å². The molecular formula is C14H16O3S. The number of hydrogen-bond donors (Lipinski definition) is 1. The Bertz CT molecular complexity index is 494. The molecule has 96 valence electrons. The first-order valence-electron chi connectivity index (χ1n) is 5.66. The zero-order valence-corrected chi connectivity index (χ0v) is 11.2. The molecule has 0 radical (unpaired) electrons. The molecule has 0 spiro atoms. The van der Waals surface area contributed by atoms with E-state index < -0.39 is 6.10 Å². The zero-order valence-electron chi connectivity index (χ0n) is 10.4. The second-order valence-electron chi connectivity index (χ2n) is 3.93. The smallest absolute Gasteiger partial charge is 0.166 e. The lowest BCUT2D eigenvalue weighted by Gasteiger charge is -2.16. The van der Waals surface area contributed by atoms with Crippen LogP contribution < -0.4 is 9.47 Å². The van der Waals surface area contributed by atoms with Crippen molar-refractivity contribution < 1.29 is 14.6 Å². The van der Waals surface area contributed by atoms with E-state index in [1.54, 1.807) is 25.6 Å². The minimum atomic E-state index is -0.593. The van der Waals surface area contributed by atoms with Gasteiger partial charge in [-0.25, -0.2) is 0 Å². The van der Waals surface area contributed by atoms with Gasteiger partial charge in [-0.2, -0.15) is 11.3 Å². The molecule has 1 aromatic carbocycles. The summed E-state index contributed by atoms with van der Waals surface area (Å²) in [7, 11) is 3.17. The van der Waals surface area contributed by atoms with Crippen LogP contribution in [0.25, 0.3) is 0 Å². The Morgan fingerprint density at radius 1 is 1.22 bits per heavy atom. The number of thiophene rings is 1. The van der Waals surface area contributed by atoms with Gasteiger partial charge in [0.05, 0.1) is 20.3 Å². The second-order valence-corrected chi connectivity index (χ2v) is 4.71. The molecule has 4 heteroatoms. The first-order chi connectivity index (χ1) is 8.76. The van der Waals surface area contributed by atoms with Gasteiger partial charge in [-0.3, -0.25) is 0 Å². The van der Waals surface area contributed by atoms with Crippen LogP contribution in [-0.2, 0) is 6.42 Å². The van der Waals surface area contributed by atoms with Crippen LogP contribution in [0.4, 0.5) is 0 Å². The van der Waals surface area contributed by atoms with Crippen molar-refractivity contribution in [2.24, 2.45) is 0 Å². The fourth-order valence-corrected chi connectivity index (χ4v) is 2.60. The van der Waals surface area contributed by atoms with Gasteiger partial charge in [0, 0.05) is 12.0 Å². The van der Waals surface area contributed by atoms with E-state index in [0.717, 1.165) is 11.1 Å². The first-order valence-corrected chi connectivity index (χ1v) is 6.60. The van der Waals surface area contributed by atoms with Crippen molar-refractivity contribution in [3.05, 3.63) is 46.2 Å². The Morgan fingerprint density at radius 2 is 2.06 bits per heavy atom. The summed E-state index contributed by atoms with van der Waals surface area (Å²) < 4.78 is 10.6. The Balaban J connectivity index is 2.26. The van der Waals surface area contributed by atoms with Crippen LogP contribution in [0.2, 0.25) is 0 Å². The van der Waals surface area contributed by atoms with Crippen LogP contribution in [0.5, 0.6) is 11.5 Å². The van der Waals surface area contributed by atoms with Crippen LogP contribution in [0, 0.1) is 0 Å². The van der Waals surface area contributed by atoms with Crippen LogP contribution in [-0.4, -0.2) is 19.3 Å². The topological polar surface area (TPSA) is 38.7 Å². The summed E-state index contributed by atoms with van der Waals surface area (Å²) in [6, 6.07) is 7.55. The number of benzene rings is 1. The van der Waals surface area contributed by atoms with Crippen molar-refractivity contribution >= 4 is 11.3 Å². The van der Waals surface area contributed by atoms with E-state index in [1.165, 1.54) is 0 Å². The van der Waals surface area contributed by atoms with Crippen LogP contribution in [0.15, 0.2) is 35.0 Å². The van der Waals surface area contributed by atoms with E-state index in [-0.39, 0.29) is 0 Å². The van der Waals surface area contributed by atoms with Gasteiger partial charge in [-0.1, -0.05) is 12.1 Å². The highest BCUT2D eigenvalue weighted by molar-refractivity contribution is 7.07. The average Bonchev–Trinajstić information content (AvgIpc) is 2.90. The summed E-state index contributed by atoms with van der Waals surface area (Å²) in [6.07, 6.45) is -0.0165. The molecule has 0 aliphatic carbocycles. The van der Waals surface area contributed by atoms with Crippen LogP contribution in [0.3, 0.4) is 0 Å². The normalized spacial score (nSPS) is 12.2. The predicted octanol–water partition coefficient (Wildman–Crippen LogP) is 3.04. The summed E-state index contributed by atoms with van der Waals surface area (Å²) >= 11 is 1.63. The van der Waals surface area contributed by atoms with E-state index >= 15 is 0 Å². The van der Waals surface area contributed by atoms with Gasteiger partial charge in [0.1, 0.15) is 0 Å². The Labute approximate surface area is 111 Å². The minimum Gasteiger partial charge on any atom is -0.493 e. The molecule has 2 rings (SSSR count). The SMILES string of the molecule is COc1cccc(C(O)Cc2ccsc2)c1OC. The molecule has 0 saturated carbocycles. The van der Waals surface area contributed by atoms with Crippen molar-refractivity contribution in [1.29, 1.82) is 0 Å². The number of hydrogen-bond acceptors (Lipinski definition) is 4. The molecule has 3 nitrogen and oxygen atoms in total. The number of aliphatic hydroxyl groups excluding tert-OH is 1. The lowest BCUT2D eigenvalue weighted by atomic mass is 10.0. The maximum absolute atomic E-state index is 10.3. The highest BCUT2D eigenvalue weighted by Gasteiger charge is 2.17. The molecule has 18 heavy (non-hydrogen) atoms. The molecule has 1 aromatic heterocycles. The molecule has 1 unspecified atom stereocenters. The third-order valence-corrected chi connectivity index (χ3v) is 3.53. The largest absolute Gasteiger partial charge is 0.493 e. The molecule has 0 amide bonds. The van der Waals surface area contributed by atoms with Gasteiger partial charge < -0.3 is 14.6 Å². The Morgan fingerprint density at radius 3 is 2.67 bits per heavy atom. The first kappa shape index (κ1) is 12.9. The number of aliphatic hydroxyl groups is 1. The molecule has 1 N–H and O–H groups in total. The van der Waals surface area contributed by atoms with Gasteiger partial charge in [0.2, 0.25) is 0 Å². The lowest BCUT2D eigenvalue weighted by Crippen LogP contribution is -2.04. The third kappa shape index (κ3) is 2.66. The Kier molecular flexibility index (Phi) is 4.23. The number of para-hydroxylation sites is 1. The highest BCUT2D eigenvalue weighted by atomic mass is 32.1. The minimum absolute atomic E-state index is 0.576. The molecule has 1 atom stereocenters. The average molecular weight is 264 g/mol. The predicted molar refractivity (Wildman–Crippen MR) is 72.5 cm³/mol. The van der Waals surface area contributed by atoms with Gasteiger partial charge in [0.15, 0.2) is 11.5 Å². The monoisotopic (exact) mass is 264 g/mol. The van der Waals surface area contributed by atoms with Crippen LogP contribution in [0.1, 0.15) is 17.2 Å². The summed E-state index contributed by atoms with van der Waals surface area (Å²) in [5.41, 5.74) is 1.88. The van der Waals surface area contributed by atoms with Crippen molar-refractivity contribution in [3.63, 3.8) is 0 Å².